The van der Waals surface area contributed by atoms with Crippen molar-refractivity contribution < 1.29 is 14.3 Å². The van der Waals surface area contributed by atoms with E-state index in [1.54, 1.807) is 6.07 Å². The van der Waals surface area contributed by atoms with E-state index in [1.165, 1.54) is 18.2 Å². The summed E-state index contributed by atoms with van der Waals surface area (Å²) in [5.74, 6) is -1.70. The number of carboxylic acids is 1. The molecule has 0 unspecified atom stereocenters. The summed E-state index contributed by atoms with van der Waals surface area (Å²) in [5, 5.41) is 16.8. The van der Waals surface area contributed by atoms with Crippen molar-refractivity contribution >= 4 is 12.0 Å². The Morgan fingerprint density at radius 1 is 1.57 bits per heavy atom. The van der Waals surface area contributed by atoms with Crippen LogP contribution in [0.1, 0.15) is 11.1 Å². The van der Waals surface area contributed by atoms with E-state index in [9.17, 15) is 9.18 Å². The maximum Gasteiger partial charge on any atom is 0.328 e. The highest BCUT2D eigenvalue weighted by Gasteiger charge is 2.00. The van der Waals surface area contributed by atoms with Crippen molar-refractivity contribution in [3.05, 3.63) is 41.2 Å². The van der Waals surface area contributed by atoms with Crippen molar-refractivity contribution in [2.24, 2.45) is 0 Å². The SMILES string of the molecule is N#Cc1cc(/C=C\C(=O)O)ccc1F. The van der Waals surface area contributed by atoms with Gasteiger partial charge in [0.15, 0.2) is 0 Å². The zero-order valence-electron chi connectivity index (χ0n) is 7.07. The molecule has 1 aromatic rings. The Kier molecular flexibility index (Phi) is 2.97. The van der Waals surface area contributed by atoms with E-state index in [1.807, 2.05) is 0 Å². The number of nitrogens with zero attached hydrogens (tertiary/aromatic N) is 1. The summed E-state index contributed by atoms with van der Waals surface area (Å²) < 4.78 is 12.8. The lowest BCUT2D eigenvalue weighted by Crippen LogP contribution is -1.87. The molecule has 0 aliphatic carbocycles. The van der Waals surface area contributed by atoms with Crippen molar-refractivity contribution in [3.63, 3.8) is 0 Å². The topological polar surface area (TPSA) is 61.1 Å². The average molecular weight is 191 g/mol. The Bertz CT molecular complexity index is 432. The molecule has 1 rings (SSSR count). The molecule has 0 atom stereocenters. The Hall–Kier alpha value is -2.15. The number of nitriles is 1. The van der Waals surface area contributed by atoms with Crippen LogP contribution in [-0.4, -0.2) is 11.1 Å². The quantitative estimate of drug-likeness (QED) is 0.725. The van der Waals surface area contributed by atoms with Crippen LogP contribution in [0.15, 0.2) is 24.3 Å². The molecule has 0 aliphatic heterocycles. The molecule has 70 valence electrons. The smallest absolute Gasteiger partial charge is 0.328 e. The number of halogens is 1. The molecule has 0 aliphatic rings. The normalized spacial score (nSPS) is 10.0. The van der Waals surface area contributed by atoms with Crippen LogP contribution in [0.4, 0.5) is 4.39 Å². The van der Waals surface area contributed by atoms with Gasteiger partial charge in [-0.1, -0.05) is 6.07 Å². The summed E-state index contributed by atoms with van der Waals surface area (Å²) in [5.41, 5.74) is 0.378. The van der Waals surface area contributed by atoms with Crippen LogP contribution in [0.5, 0.6) is 0 Å². The number of aliphatic carboxylic acids is 1. The van der Waals surface area contributed by atoms with Crippen molar-refractivity contribution in [2.45, 2.75) is 0 Å². The minimum atomic E-state index is -1.09. The molecule has 0 spiro atoms. The van der Waals surface area contributed by atoms with Crippen LogP contribution in [0, 0.1) is 17.1 Å². The zero-order chi connectivity index (χ0) is 10.6. The van der Waals surface area contributed by atoms with Gasteiger partial charge < -0.3 is 5.11 Å². The van der Waals surface area contributed by atoms with Gasteiger partial charge in [0.25, 0.3) is 0 Å². The Morgan fingerprint density at radius 3 is 2.86 bits per heavy atom. The highest BCUT2D eigenvalue weighted by molar-refractivity contribution is 5.85. The zero-order valence-corrected chi connectivity index (χ0v) is 7.07. The number of carbonyl (C=O) groups is 1. The van der Waals surface area contributed by atoms with Gasteiger partial charge in [-0.15, -0.1) is 0 Å². The fourth-order valence-corrected chi connectivity index (χ4v) is 0.900. The first-order chi connectivity index (χ1) is 6.63. The maximum absolute atomic E-state index is 12.8. The van der Waals surface area contributed by atoms with E-state index in [4.69, 9.17) is 10.4 Å². The van der Waals surface area contributed by atoms with Crippen molar-refractivity contribution in [1.82, 2.24) is 0 Å². The summed E-state index contributed by atoms with van der Waals surface area (Å²) in [4.78, 5) is 10.2. The van der Waals surface area contributed by atoms with Crippen LogP contribution >= 0.6 is 0 Å². The van der Waals surface area contributed by atoms with E-state index >= 15 is 0 Å². The van der Waals surface area contributed by atoms with Gasteiger partial charge in [-0.25, -0.2) is 9.18 Å². The molecule has 0 heterocycles. The first-order valence-corrected chi connectivity index (χ1v) is 3.74. The van der Waals surface area contributed by atoms with Gasteiger partial charge in [-0.2, -0.15) is 5.26 Å². The molecule has 0 fully saturated rings. The molecule has 14 heavy (non-hydrogen) atoms. The van der Waals surface area contributed by atoms with E-state index < -0.39 is 11.8 Å². The van der Waals surface area contributed by atoms with Crippen molar-refractivity contribution in [3.8, 4) is 6.07 Å². The molecule has 0 amide bonds. The number of hydrogen-bond acceptors (Lipinski definition) is 2. The third-order valence-electron chi connectivity index (χ3n) is 1.53. The van der Waals surface area contributed by atoms with Gasteiger partial charge in [0, 0.05) is 6.08 Å². The van der Waals surface area contributed by atoms with Crippen molar-refractivity contribution in [1.29, 1.82) is 5.26 Å². The highest BCUT2D eigenvalue weighted by atomic mass is 19.1. The van der Waals surface area contributed by atoms with Crippen LogP contribution in [-0.2, 0) is 4.79 Å². The first-order valence-electron chi connectivity index (χ1n) is 3.74. The van der Waals surface area contributed by atoms with E-state index in [2.05, 4.69) is 0 Å². The number of benzene rings is 1. The lowest BCUT2D eigenvalue weighted by Gasteiger charge is -1.95. The minimum absolute atomic E-state index is 0.0995. The van der Waals surface area contributed by atoms with Gasteiger partial charge in [0.05, 0.1) is 5.56 Å². The van der Waals surface area contributed by atoms with Gasteiger partial charge in [0.2, 0.25) is 0 Å². The number of rotatable bonds is 2. The summed E-state index contributed by atoms with van der Waals surface area (Å²) in [7, 11) is 0. The van der Waals surface area contributed by atoms with Gasteiger partial charge in [0.1, 0.15) is 11.9 Å². The maximum atomic E-state index is 12.8. The monoisotopic (exact) mass is 191 g/mol. The molecule has 1 aromatic carbocycles. The van der Waals surface area contributed by atoms with E-state index in [0.717, 1.165) is 12.1 Å². The third kappa shape index (κ3) is 2.42. The van der Waals surface area contributed by atoms with Crippen LogP contribution < -0.4 is 0 Å². The summed E-state index contributed by atoms with van der Waals surface area (Å²) in [6.07, 6.45) is 2.22. The highest BCUT2D eigenvalue weighted by Crippen LogP contribution is 2.10. The molecule has 0 saturated carbocycles. The summed E-state index contributed by atoms with van der Waals surface area (Å²) in [6.45, 7) is 0. The molecule has 4 heteroatoms. The molecular weight excluding hydrogens is 185 g/mol. The van der Waals surface area contributed by atoms with E-state index in [-0.39, 0.29) is 5.56 Å². The van der Waals surface area contributed by atoms with Gasteiger partial charge in [-0.3, -0.25) is 0 Å². The molecule has 1 N–H and O–H groups in total. The van der Waals surface area contributed by atoms with Crippen LogP contribution in [0.2, 0.25) is 0 Å². The Morgan fingerprint density at radius 2 is 2.29 bits per heavy atom. The van der Waals surface area contributed by atoms with Crippen molar-refractivity contribution in [2.75, 3.05) is 0 Å². The second kappa shape index (κ2) is 4.19. The first kappa shape index (κ1) is 9.93. The molecule has 0 aromatic heterocycles. The minimum Gasteiger partial charge on any atom is -0.478 e. The standard InChI is InChI=1S/C10H6FNO2/c11-9-3-1-7(2-4-10(13)14)5-8(9)6-12/h1-5H,(H,13,14)/b4-2-. The summed E-state index contributed by atoms with van der Waals surface area (Å²) in [6, 6.07) is 5.48. The number of carboxylic acid groups (broad SMARTS) is 1. The second-order valence-corrected chi connectivity index (χ2v) is 2.52. The molecule has 3 nitrogen and oxygen atoms in total. The molecular formula is C10H6FNO2. The fraction of sp³-hybridized carbons (Fsp3) is 0. The Labute approximate surface area is 79.7 Å². The van der Waals surface area contributed by atoms with Gasteiger partial charge in [-0.05, 0) is 23.8 Å². The predicted molar refractivity (Wildman–Crippen MR) is 47.8 cm³/mol. The predicted octanol–water partition coefficient (Wildman–Crippen LogP) is 1.80. The Balaban J connectivity index is 3.03. The number of hydrogen-bond donors (Lipinski definition) is 1. The van der Waals surface area contributed by atoms with Gasteiger partial charge >= 0.3 is 5.97 Å². The molecule has 0 radical (unpaired) electrons. The molecule has 0 saturated heterocycles. The average Bonchev–Trinajstić information content (AvgIpc) is 2.16. The van der Waals surface area contributed by atoms with Crippen LogP contribution in [0.3, 0.4) is 0 Å². The lowest BCUT2D eigenvalue weighted by molar-refractivity contribution is -0.131. The summed E-state index contributed by atoms with van der Waals surface area (Å²) >= 11 is 0. The third-order valence-corrected chi connectivity index (χ3v) is 1.53. The molecule has 0 bridgehead atoms. The van der Waals surface area contributed by atoms with E-state index in [0.29, 0.717) is 5.56 Å². The fourth-order valence-electron chi connectivity index (χ4n) is 0.900. The largest absolute Gasteiger partial charge is 0.478 e. The second-order valence-electron chi connectivity index (χ2n) is 2.52. The van der Waals surface area contributed by atoms with Crippen LogP contribution in [0.25, 0.3) is 6.08 Å². The lowest BCUT2D eigenvalue weighted by atomic mass is 10.1.